The van der Waals surface area contributed by atoms with Gasteiger partial charge in [0.1, 0.15) is 0 Å². The molecule has 0 bridgehead atoms. The summed E-state index contributed by atoms with van der Waals surface area (Å²) in [6.07, 6.45) is 6.74. The minimum atomic E-state index is -3.62. The number of hydrogen-bond donors (Lipinski definition) is 1. The highest BCUT2D eigenvalue weighted by atomic mass is 32.2. The molecule has 0 saturated heterocycles. The molecule has 1 aromatic rings. The fourth-order valence-electron chi connectivity index (χ4n) is 1.97. The molecular formula is C13H15NO3S. The van der Waals surface area contributed by atoms with Crippen LogP contribution in [0, 0.1) is 0 Å². The molecule has 1 aliphatic rings. The molecule has 0 heterocycles. The van der Waals surface area contributed by atoms with Gasteiger partial charge in [-0.25, -0.2) is 4.18 Å². The van der Waals surface area contributed by atoms with Crippen LogP contribution in [0.5, 0.6) is 0 Å². The van der Waals surface area contributed by atoms with Crippen LogP contribution in [0.1, 0.15) is 12.0 Å². The molecule has 5 heteroatoms. The van der Waals surface area contributed by atoms with E-state index in [1.54, 1.807) is 12.2 Å². The zero-order valence-electron chi connectivity index (χ0n) is 10.0. The molecule has 96 valence electrons. The van der Waals surface area contributed by atoms with E-state index in [9.17, 15) is 8.42 Å². The third-order valence-corrected chi connectivity index (χ3v) is 3.26. The summed E-state index contributed by atoms with van der Waals surface area (Å²) >= 11 is 0. The van der Waals surface area contributed by atoms with Crippen molar-refractivity contribution in [2.24, 2.45) is 5.73 Å². The maximum Gasteiger partial charge on any atom is 0.266 e. The quantitative estimate of drug-likeness (QED) is 0.666. The summed E-state index contributed by atoms with van der Waals surface area (Å²) in [5.41, 5.74) is 6.29. The van der Waals surface area contributed by atoms with Crippen LogP contribution in [0.3, 0.4) is 0 Å². The van der Waals surface area contributed by atoms with E-state index >= 15 is 0 Å². The van der Waals surface area contributed by atoms with Crippen molar-refractivity contribution in [1.29, 1.82) is 0 Å². The Bertz CT molecular complexity index is 590. The summed E-state index contributed by atoms with van der Waals surface area (Å²) in [5.74, 6) is 0. The molecular weight excluding hydrogens is 250 g/mol. The minimum Gasteiger partial charge on any atom is -0.298 e. The highest BCUT2D eigenvalue weighted by Gasteiger charge is 2.35. The fourth-order valence-corrected chi connectivity index (χ4v) is 2.66. The van der Waals surface area contributed by atoms with Crippen molar-refractivity contribution in [2.45, 2.75) is 12.1 Å². The summed E-state index contributed by atoms with van der Waals surface area (Å²) in [7, 11) is -3.62. The van der Waals surface area contributed by atoms with Crippen LogP contribution < -0.4 is 5.73 Å². The molecule has 1 aromatic carbocycles. The normalized spacial score (nSPS) is 23.8. The summed E-state index contributed by atoms with van der Waals surface area (Å²) in [4.78, 5) is 0. The Morgan fingerprint density at radius 1 is 1.28 bits per heavy atom. The highest BCUT2D eigenvalue weighted by Crippen LogP contribution is 2.33. The monoisotopic (exact) mass is 265 g/mol. The molecule has 2 rings (SSSR count). The van der Waals surface area contributed by atoms with Crippen molar-refractivity contribution in [2.75, 3.05) is 6.26 Å². The molecule has 0 amide bonds. The van der Waals surface area contributed by atoms with E-state index in [1.807, 2.05) is 36.4 Å². The van der Waals surface area contributed by atoms with Crippen molar-refractivity contribution in [3.05, 3.63) is 54.1 Å². The Hall–Kier alpha value is -1.43. The summed E-state index contributed by atoms with van der Waals surface area (Å²) in [6, 6.07) is 9.37. The van der Waals surface area contributed by atoms with Gasteiger partial charge in [-0.1, -0.05) is 48.6 Å². The molecule has 1 aliphatic carbocycles. The molecule has 4 nitrogen and oxygen atoms in total. The van der Waals surface area contributed by atoms with Gasteiger partial charge in [0.2, 0.25) is 0 Å². The SMILES string of the molecule is CS(=O)(=O)OC1(N)CC=CC=C1c1ccccc1. The van der Waals surface area contributed by atoms with E-state index < -0.39 is 15.8 Å². The third kappa shape index (κ3) is 2.87. The Labute approximate surface area is 107 Å². The maximum absolute atomic E-state index is 11.3. The molecule has 0 fully saturated rings. The lowest BCUT2D eigenvalue weighted by Gasteiger charge is -2.31. The summed E-state index contributed by atoms with van der Waals surface area (Å²) in [5, 5.41) is 0. The molecule has 0 saturated carbocycles. The molecule has 0 spiro atoms. The molecule has 1 atom stereocenters. The number of rotatable bonds is 3. The predicted octanol–water partition coefficient (Wildman–Crippen LogP) is 1.66. The second kappa shape index (κ2) is 4.68. The first-order chi connectivity index (χ1) is 8.41. The standard InChI is InChI=1S/C13H15NO3S/c1-18(15,16)17-13(14)10-6-5-9-12(13)11-7-3-2-4-8-11/h2-9H,10,14H2,1H3. The first-order valence-electron chi connectivity index (χ1n) is 5.53. The number of nitrogens with two attached hydrogens (primary N) is 1. The van der Waals surface area contributed by atoms with Crippen molar-refractivity contribution < 1.29 is 12.6 Å². The van der Waals surface area contributed by atoms with Crippen LogP contribution in [-0.2, 0) is 14.3 Å². The topological polar surface area (TPSA) is 69.4 Å². The average Bonchev–Trinajstić information content (AvgIpc) is 2.27. The smallest absolute Gasteiger partial charge is 0.266 e. The molecule has 0 radical (unpaired) electrons. The van der Waals surface area contributed by atoms with Gasteiger partial charge < -0.3 is 0 Å². The second-order valence-electron chi connectivity index (χ2n) is 4.26. The van der Waals surface area contributed by atoms with Crippen molar-refractivity contribution >= 4 is 15.7 Å². The van der Waals surface area contributed by atoms with E-state index in [0.717, 1.165) is 11.8 Å². The molecule has 0 aromatic heterocycles. The van der Waals surface area contributed by atoms with Crippen molar-refractivity contribution in [1.82, 2.24) is 0 Å². The third-order valence-electron chi connectivity index (χ3n) is 2.66. The van der Waals surface area contributed by atoms with Gasteiger partial charge in [0.15, 0.2) is 5.72 Å². The highest BCUT2D eigenvalue weighted by molar-refractivity contribution is 7.86. The summed E-state index contributed by atoms with van der Waals surface area (Å²) < 4.78 is 27.7. The van der Waals surface area contributed by atoms with Crippen LogP contribution >= 0.6 is 0 Å². The van der Waals surface area contributed by atoms with Gasteiger partial charge in [-0.2, -0.15) is 8.42 Å². The zero-order chi connectivity index (χ0) is 13.2. The maximum atomic E-state index is 11.3. The van der Waals surface area contributed by atoms with Crippen LogP contribution in [0.15, 0.2) is 48.6 Å². The molecule has 2 N–H and O–H groups in total. The van der Waals surface area contributed by atoms with E-state index in [0.29, 0.717) is 12.0 Å². The minimum absolute atomic E-state index is 0.320. The van der Waals surface area contributed by atoms with Gasteiger partial charge >= 0.3 is 0 Å². The lowest BCUT2D eigenvalue weighted by molar-refractivity contribution is 0.150. The van der Waals surface area contributed by atoms with Gasteiger partial charge in [-0.15, -0.1) is 0 Å². The van der Waals surface area contributed by atoms with Crippen LogP contribution in [0.2, 0.25) is 0 Å². The second-order valence-corrected chi connectivity index (χ2v) is 5.83. The Morgan fingerprint density at radius 3 is 2.56 bits per heavy atom. The number of benzene rings is 1. The van der Waals surface area contributed by atoms with Gasteiger partial charge in [0, 0.05) is 12.0 Å². The van der Waals surface area contributed by atoms with Crippen molar-refractivity contribution in [3.63, 3.8) is 0 Å². The molecule has 0 aliphatic heterocycles. The first-order valence-corrected chi connectivity index (χ1v) is 7.35. The Kier molecular flexibility index (Phi) is 3.38. The Balaban J connectivity index is 2.43. The van der Waals surface area contributed by atoms with Gasteiger partial charge in [0.25, 0.3) is 10.1 Å². The first kappa shape index (κ1) is 13.0. The lowest BCUT2D eigenvalue weighted by atomic mass is 9.90. The van der Waals surface area contributed by atoms with Crippen LogP contribution in [0.25, 0.3) is 5.57 Å². The number of allylic oxidation sites excluding steroid dienone is 2. The summed E-state index contributed by atoms with van der Waals surface area (Å²) in [6.45, 7) is 0. The predicted molar refractivity (Wildman–Crippen MR) is 71.0 cm³/mol. The van der Waals surface area contributed by atoms with Crippen molar-refractivity contribution in [3.8, 4) is 0 Å². The van der Waals surface area contributed by atoms with E-state index in [4.69, 9.17) is 9.92 Å². The average molecular weight is 265 g/mol. The van der Waals surface area contributed by atoms with Crippen LogP contribution in [-0.4, -0.2) is 20.4 Å². The molecule has 18 heavy (non-hydrogen) atoms. The Morgan fingerprint density at radius 2 is 1.94 bits per heavy atom. The van der Waals surface area contributed by atoms with E-state index in [2.05, 4.69) is 0 Å². The number of hydrogen-bond acceptors (Lipinski definition) is 4. The van der Waals surface area contributed by atoms with Crippen LogP contribution in [0.4, 0.5) is 0 Å². The van der Waals surface area contributed by atoms with Gasteiger partial charge in [-0.05, 0) is 5.56 Å². The van der Waals surface area contributed by atoms with Gasteiger partial charge in [0.05, 0.1) is 6.26 Å². The van der Waals surface area contributed by atoms with Gasteiger partial charge in [-0.3, -0.25) is 5.73 Å². The zero-order valence-corrected chi connectivity index (χ0v) is 10.9. The lowest BCUT2D eigenvalue weighted by Crippen LogP contribution is -2.45. The van der Waals surface area contributed by atoms with E-state index in [1.165, 1.54) is 0 Å². The van der Waals surface area contributed by atoms with E-state index in [-0.39, 0.29) is 0 Å². The molecule has 1 unspecified atom stereocenters. The fraction of sp³-hybridized carbons (Fsp3) is 0.231. The largest absolute Gasteiger partial charge is 0.298 e.